The monoisotopic (exact) mass is 376 g/mol. The van der Waals surface area contributed by atoms with Crippen LogP contribution in [0.2, 0.25) is 5.02 Å². The van der Waals surface area contributed by atoms with Gasteiger partial charge in [-0.2, -0.15) is 0 Å². The maximum atomic E-state index is 13.1. The molecular formula is C18H17ClN2OS2. The van der Waals surface area contributed by atoms with Gasteiger partial charge in [0.2, 0.25) is 0 Å². The van der Waals surface area contributed by atoms with Gasteiger partial charge >= 0.3 is 0 Å². The largest absolute Gasteiger partial charge is 0.323 e. The van der Waals surface area contributed by atoms with Gasteiger partial charge in [-0.25, -0.2) is 0 Å². The molecule has 3 aromatic rings. The van der Waals surface area contributed by atoms with Crippen LogP contribution in [0.1, 0.15) is 35.3 Å². The molecule has 124 valence electrons. The minimum absolute atomic E-state index is 0.0306. The van der Waals surface area contributed by atoms with Crippen LogP contribution in [0.15, 0.2) is 29.1 Å². The normalized spacial score (nSPS) is 14.5. The van der Waals surface area contributed by atoms with Crippen LogP contribution in [0, 0.1) is 4.77 Å². The van der Waals surface area contributed by atoms with E-state index in [2.05, 4.69) is 4.98 Å². The average molecular weight is 377 g/mol. The third kappa shape index (κ3) is 2.85. The SMILES string of the molecule is O=c1c2c3c(sc2[nH]c(=S)n1Cc1ccc(Cl)cc1)CCCCC3. The molecule has 0 atom stereocenters. The third-order valence-corrected chi connectivity index (χ3v) is 6.38. The van der Waals surface area contributed by atoms with E-state index in [4.69, 9.17) is 23.8 Å². The zero-order valence-corrected chi connectivity index (χ0v) is 15.5. The van der Waals surface area contributed by atoms with Crippen LogP contribution in [-0.2, 0) is 19.4 Å². The number of hydrogen-bond donors (Lipinski definition) is 1. The van der Waals surface area contributed by atoms with Gasteiger partial charge in [-0.05, 0) is 61.2 Å². The lowest BCUT2D eigenvalue weighted by Crippen LogP contribution is -2.23. The predicted molar refractivity (Wildman–Crippen MR) is 103 cm³/mol. The van der Waals surface area contributed by atoms with Crippen molar-refractivity contribution in [2.75, 3.05) is 0 Å². The molecule has 0 fully saturated rings. The van der Waals surface area contributed by atoms with E-state index in [-0.39, 0.29) is 5.56 Å². The van der Waals surface area contributed by atoms with Crippen molar-refractivity contribution in [2.45, 2.75) is 38.6 Å². The number of thiophene rings is 1. The van der Waals surface area contributed by atoms with Crippen molar-refractivity contribution in [3.05, 3.63) is 60.4 Å². The fourth-order valence-electron chi connectivity index (χ4n) is 3.36. The van der Waals surface area contributed by atoms with Gasteiger partial charge in [-0.3, -0.25) is 9.36 Å². The van der Waals surface area contributed by atoms with Crippen LogP contribution < -0.4 is 5.56 Å². The number of hydrogen-bond acceptors (Lipinski definition) is 3. The zero-order valence-electron chi connectivity index (χ0n) is 13.1. The molecule has 24 heavy (non-hydrogen) atoms. The highest BCUT2D eigenvalue weighted by Gasteiger charge is 2.19. The van der Waals surface area contributed by atoms with Crippen molar-refractivity contribution in [3.8, 4) is 0 Å². The second-order valence-electron chi connectivity index (χ2n) is 6.22. The summed E-state index contributed by atoms with van der Waals surface area (Å²) in [7, 11) is 0. The van der Waals surface area contributed by atoms with Crippen LogP contribution in [0.25, 0.3) is 10.2 Å². The lowest BCUT2D eigenvalue weighted by molar-refractivity contribution is 0.711. The summed E-state index contributed by atoms with van der Waals surface area (Å²) in [6, 6.07) is 7.54. The van der Waals surface area contributed by atoms with E-state index in [1.807, 2.05) is 24.3 Å². The van der Waals surface area contributed by atoms with Gasteiger partial charge in [-0.1, -0.05) is 30.2 Å². The molecular weight excluding hydrogens is 360 g/mol. The summed E-state index contributed by atoms with van der Waals surface area (Å²) < 4.78 is 2.15. The van der Waals surface area contributed by atoms with Crippen LogP contribution in [-0.4, -0.2) is 9.55 Å². The summed E-state index contributed by atoms with van der Waals surface area (Å²) in [6.45, 7) is 0.464. The summed E-state index contributed by atoms with van der Waals surface area (Å²) in [6.07, 6.45) is 5.68. The Labute approximate surface area is 153 Å². The Bertz CT molecular complexity index is 1010. The van der Waals surface area contributed by atoms with Crippen molar-refractivity contribution in [2.24, 2.45) is 0 Å². The number of benzene rings is 1. The minimum Gasteiger partial charge on any atom is -0.323 e. The van der Waals surface area contributed by atoms with Crippen LogP contribution in [0.4, 0.5) is 0 Å². The molecule has 1 N–H and O–H groups in total. The standard InChI is InChI=1S/C18H17ClN2OS2/c19-12-8-6-11(7-9-12)10-21-17(22)15-13-4-2-1-3-5-14(13)24-16(15)20-18(21)23/h6-9H,1-5,10H2,(H,20,23). The first kappa shape index (κ1) is 16.1. The molecule has 0 unspecified atom stereocenters. The average Bonchev–Trinajstić information content (AvgIpc) is 2.75. The maximum absolute atomic E-state index is 13.1. The molecule has 1 aromatic carbocycles. The first-order chi connectivity index (χ1) is 11.6. The Morgan fingerprint density at radius 2 is 1.92 bits per heavy atom. The van der Waals surface area contributed by atoms with Gasteiger partial charge < -0.3 is 4.98 Å². The fraction of sp³-hybridized carbons (Fsp3) is 0.333. The van der Waals surface area contributed by atoms with E-state index in [1.165, 1.54) is 23.3 Å². The third-order valence-electron chi connectivity index (χ3n) is 4.60. The Balaban J connectivity index is 1.87. The second-order valence-corrected chi connectivity index (χ2v) is 8.14. The van der Waals surface area contributed by atoms with Gasteiger partial charge in [0.05, 0.1) is 11.9 Å². The second kappa shape index (κ2) is 6.47. The van der Waals surface area contributed by atoms with Crippen molar-refractivity contribution in [3.63, 3.8) is 0 Å². The number of aryl methyl sites for hydroxylation is 2. The molecule has 0 spiro atoms. The van der Waals surface area contributed by atoms with Crippen molar-refractivity contribution >= 4 is 45.4 Å². The Morgan fingerprint density at radius 1 is 1.17 bits per heavy atom. The van der Waals surface area contributed by atoms with E-state index in [0.29, 0.717) is 16.3 Å². The number of nitrogens with one attached hydrogen (secondary N) is 1. The first-order valence-electron chi connectivity index (χ1n) is 8.15. The van der Waals surface area contributed by atoms with Crippen molar-refractivity contribution in [1.82, 2.24) is 9.55 Å². The molecule has 0 saturated carbocycles. The van der Waals surface area contributed by atoms with E-state index in [1.54, 1.807) is 15.9 Å². The van der Waals surface area contributed by atoms with E-state index >= 15 is 0 Å². The number of rotatable bonds is 2. The minimum atomic E-state index is 0.0306. The van der Waals surface area contributed by atoms with Crippen molar-refractivity contribution in [1.29, 1.82) is 0 Å². The topological polar surface area (TPSA) is 37.8 Å². The first-order valence-corrected chi connectivity index (χ1v) is 9.75. The summed E-state index contributed by atoms with van der Waals surface area (Å²) in [5.74, 6) is 0. The highest BCUT2D eigenvalue weighted by atomic mass is 35.5. The fourth-order valence-corrected chi connectivity index (χ4v) is 5.09. The zero-order chi connectivity index (χ0) is 16.7. The Hall–Kier alpha value is -1.43. The molecule has 1 aliphatic rings. The molecule has 0 bridgehead atoms. The lowest BCUT2D eigenvalue weighted by Gasteiger charge is -2.08. The number of fused-ring (bicyclic) bond motifs is 3. The van der Waals surface area contributed by atoms with Crippen LogP contribution in [0.5, 0.6) is 0 Å². The van der Waals surface area contributed by atoms with Gasteiger partial charge in [0.1, 0.15) is 4.83 Å². The predicted octanol–water partition coefficient (Wildman–Crippen LogP) is 5.09. The van der Waals surface area contributed by atoms with E-state index < -0.39 is 0 Å². The quantitative estimate of drug-likeness (QED) is 0.499. The highest BCUT2D eigenvalue weighted by molar-refractivity contribution is 7.71. The number of aromatic amines is 1. The maximum Gasteiger partial charge on any atom is 0.263 e. The Morgan fingerprint density at radius 3 is 2.71 bits per heavy atom. The molecule has 4 rings (SSSR count). The van der Waals surface area contributed by atoms with Gasteiger partial charge in [0.15, 0.2) is 4.77 Å². The van der Waals surface area contributed by atoms with Crippen LogP contribution in [0.3, 0.4) is 0 Å². The van der Waals surface area contributed by atoms with Gasteiger partial charge in [0.25, 0.3) is 5.56 Å². The lowest BCUT2D eigenvalue weighted by atomic mass is 10.1. The number of nitrogens with zero attached hydrogens (tertiary/aromatic N) is 1. The van der Waals surface area contributed by atoms with Gasteiger partial charge in [0, 0.05) is 9.90 Å². The number of aromatic nitrogens is 2. The molecule has 1 aliphatic carbocycles. The molecule has 0 aliphatic heterocycles. The highest BCUT2D eigenvalue weighted by Crippen LogP contribution is 2.32. The van der Waals surface area contributed by atoms with E-state index in [0.717, 1.165) is 35.0 Å². The summed E-state index contributed by atoms with van der Waals surface area (Å²) in [5, 5.41) is 1.54. The number of halogens is 1. The Kier molecular flexibility index (Phi) is 4.33. The van der Waals surface area contributed by atoms with Gasteiger partial charge in [-0.15, -0.1) is 11.3 Å². The van der Waals surface area contributed by atoms with Crippen LogP contribution >= 0.6 is 35.2 Å². The molecule has 0 saturated heterocycles. The van der Waals surface area contributed by atoms with Crippen molar-refractivity contribution < 1.29 is 0 Å². The molecule has 6 heteroatoms. The molecule has 3 nitrogen and oxygen atoms in total. The smallest absolute Gasteiger partial charge is 0.263 e. The summed E-state index contributed by atoms with van der Waals surface area (Å²) in [4.78, 5) is 18.7. The molecule has 2 aromatic heterocycles. The number of H-pyrrole nitrogens is 1. The summed E-state index contributed by atoms with van der Waals surface area (Å²) in [5.41, 5.74) is 2.29. The molecule has 0 radical (unpaired) electrons. The molecule has 2 heterocycles. The van der Waals surface area contributed by atoms with E-state index in [9.17, 15) is 4.79 Å². The molecule has 0 amide bonds. The summed E-state index contributed by atoms with van der Waals surface area (Å²) >= 11 is 13.1.